The van der Waals surface area contributed by atoms with Gasteiger partial charge in [0.05, 0.1) is 13.5 Å². The first-order valence-corrected chi connectivity index (χ1v) is 6.00. The summed E-state index contributed by atoms with van der Waals surface area (Å²) in [6.45, 7) is 6.22. The van der Waals surface area contributed by atoms with Gasteiger partial charge in [-0.3, -0.25) is 9.59 Å². The van der Waals surface area contributed by atoms with Gasteiger partial charge in [0.2, 0.25) is 5.78 Å². The molecule has 0 aliphatic carbocycles. The van der Waals surface area contributed by atoms with E-state index in [0.29, 0.717) is 5.56 Å². The van der Waals surface area contributed by atoms with Gasteiger partial charge in [-0.1, -0.05) is 45.0 Å². The van der Waals surface area contributed by atoms with E-state index in [1.165, 1.54) is 0 Å². The molecular formula is C15H18O4. The summed E-state index contributed by atoms with van der Waals surface area (Å²) in [5.41, 5.74) is 1.53. The number of hydrogen-bond donors (Lipinski definition) is 0. The topological polar surface area (TPSA) is 60.4 Å². The van der Waals surface area contributed by atoms with Crippen molar-refractivity contribution in [3.05, 3.63) is 35.4 Å². The molecule has 0 aromatic heterocycles. The number of Topliss-reactive ketones (excluding diaryl/α,β-unsaturated/α-hetero) is 2. The molecule has 0 spiro atoms. The summed E-state index contributed by atoms with van der Waals surface area (Å²) in [6.07, 6.45) is -0.457. The van der Waals surface area contributed by atoms with E-state index in [-0.39, 0.29) is 11.2 Å². The van der Waals surface area contributed by atoms with E-state index in [4.69, 9.17) is 0 Å². The first-order valence-electron chi connectivity index (χ1n) is 6.00. The molecule has 0 aliphatic heterocycles. The van der Waals surface area contributed by atoms with E-state index in [2.05, 4.69) is 25.5 Å². The minimum Gasteiger partial charge on any atom is -0.463 e. The van der Waals surface area contributed by atoms with Crippen molar-refractivity contribution < 1.29 is 19.1 Å². The molecule has 0 bridgehead atoms. The van der Waals surface area contributed by atoms with Crippen LogP contribution < -0.4 is 0 Å². The Morgan fingerprint density at radius 3 is 2.00 bits per heavy atom. The van der Waals surface area contributed by atoms with Crippen LogP contribution in [-0.4, -0.2) is 24.6 Å². The van der Waals surface area contributed by atoms with Gasteiger partial charge in [-0.25, -0.2) is 4.79 Å². The van der Waals surface area contributed by atoms with Crippen LogP contribution in [0.3, 0.4) is 0 Å². The van der Waals surface area contributed by atoms with Crippen molar-refractivity contribution >= 4 is 17.5 Å². The zero-order valence-electron chi connectivity index (χ0n) is 11.6. The Morgan fingerprint density at radius 1 is 1.05 bits per heavy atom. The predicted molar refractivity (Wildman–Crippen MR) is 71.1 cm³/mol. The number of hydrogen-bond acceptors (Lipinski definition) is 4. The molecule has 19 heavy (non-hydrogen) atoms. The molecule has 0 N–H and O–H groups in total. The Morgan fingerprint density at radius 2 is 1.58 bits per heavy atom. The van der Waals surface area contributed by atoms with Gasteiger partial charge in [-0.15, -0.1) is 0 Å². The summed E-state index contributed by atoms with van der Waals surface area (Å²) in [5.74, 6) is -2.19. The monoisotopic (exact) mass is 262 g/mol. The zero-order chi connectivity index (χ0) is 14.6. The highest BCUT2D eigenvalue weighted by Gasteiger charge is 2.20. The molecule has 1 rings (SSSR count). The lowest BCUT2D eigenvalue weighted by molar-refractivity contribution is -0.151. The number of methoxy groups -OCH3 is 1. The zero-order valence-corrected chi connectivity index (χ0v) is 11.6. The van der Waals surface area contributed by atoms with Crippen molar-refractivity contribution in [3.63, 3.8) is 0 Å². The van der Waals surface area contributed by atoms with Crippen molar-refractivity contribution in [3.8, 4) is 0 Å². The van der Waals surface area contributed by atoms with Gasteiger partial charge in [0.25, 0.3) is 0 Å². The molecule has 1 aromatic carbocycles. The van der Waals surface area contributed by atoms with Gasteiger partial charge in [0.15, 0.2) is 5.78 Å². The summed E-state index contributed by atoms with van der Waals surface area (Å²) in [6, 6.07) is 7.06. The average molecular weight is 262 g/mol. The van der Waals surface area contributed by atoms with Crippen molar-refractivity contribution in [2.45, 2.75) is 32.6 Å². The molecule has 0 heterocycles. The summed E-state index contributed by atoms with van der Waals surface area (Å²) in [5, 5.41) is 0. The van der Waals surface area contributed by atoms with Crippen LogP contribution in [0.4, 0.5) is 0 Å². The Hall–Kier alpha value is -1.97. The average Bonchev–Trinajstić information content (AvgIpc) is 2.36. The van der Waals surface area contributed by atoms with Crippen LogP contribution in [-0.2, 0) is 19.7 Å². The maximum atomic E-state index is 11.8. The number of ketones is 2. The van der Waals surface area contributed by atoms with Gasteiger partial charge in [-0.2, -0.15) is 0 Å². The van der Waals surface area contributed by atoms with Crippen LogP contribution in [0.2, 0.25) is 0 Å². The van der Waals surface area contributed by atoms with Crippen LogP contribution in [0.15, 0.2) is 24.3 Å². The first-order chi connectivity index (χ1) is 8.75. The van der Waals surface area contributed by atoms with Crippen LogP contribution in [0.5, 0.6) is 0 Å². The molecule has 4 heteroatoms. The molecule has 0 unspecified atom stereocenters. The second-order valence-corrected chi connectivity index (χ2v) is 5.34. The van der Waals surface area contributed by atoms with E-state index in [1.807, 2.05) is 12.1 Å². The normalized spacial score (nSPS) is 10.9. The molecule has 1 aromatic rings. The third-order valence-electron chi connectivity index (χ3n) is 2.81. The highest BCUT2D eigenvalue weighted by molar-refractivity contribution is 6.38. The fourth-order valence-corrected chi connectivity index (χ4v) is 1.59. The van der Waals surface area contributed by atoms with Crippen LogP contribution in [0.1, 0.15) is 43.1 Å². The van der Waals surface area contributed by atoms with Gasteiger partial charge in [0, 0.05) is 5.56 Å². The van der Waals surface area contributed by atoms with Crippen molar-refractivity contribution in [2.75, 3.05) is 7.11 Å². The molecule has 0 atom stereocenters. The molecule has 102 valence electrons. The van der Waals surface area contributed by atoms with Crippen LogP contribution in [0, 0.1) is 0 Å². The molecule has 0 fully saturated rings. The number of rotatable bonds is 4. The molecule has 0 radical (unpaired) electrons. The third kappa shape index (κ3) is 4.02. The van der Waals surface area contributed by atoms with Gasteiger partial charge < -0.3 is 4.74 Å². The van der Waals surface area contributed by atoms with Crippen molar-refractivity contribution in [1.29, 1.82) is 0 Å². The van der Waals surface area contributed by atoms with Crippen molar-refractivity contribution in [1.82, 2.24) is 0 Å². The van der Waals surface area contributed by atoms with E-state index in [0.717, 1.165) is 12.7 Å². The largest absolute Gasteiger partial charge is 0.463 e. The maximum Gasteiger partial charge on any atom is 0.374 e. The predicted octanol–water partition coefficient (Wildman–Crippen LogP) is 2.30. The van der Waals surface area contributed by atoms with Crippen LogP contribution >= 0.6 is 0 Å². The second-order valence-electron chi connectivity index (χ2n) is 5.34. The van der Waals surface area contributed by atoms with E-state index in [1.54, 1.807) is 12.1 Å². The molecule has 0 amide bonds. The Labute approximate surface area is 112 Å². The summed E-state index contributed by atoms with van der Waals surface area (Å²) >= 11 is 0. The van der Waals surface area contributed by atoms with Gasteiger partial charge in [0.1, 0.15) is 0 Å². The lowest BCUT2D eigenvalue weighted by Crippen LogP contribution is -2.19. The molecule has 4 nitrogen and oxygen atoms in total. The number of esters is 1. The van der Waals surface area contributed by atoms with E-state index >= 15 is 0 Å². The minimum atomic E-state index is -0.986. The molecule has 0 saturated heterocycles. The number of carbonyl (C=O) groups excluding carboxylic acids is 3. The van der Waals surface area contributed by atoms with E-state index < -0.39 is 18.2 Å². The lowest BCUT2D eigenvalue weighted by Gasteiger charge is -2.18. The number of ether oxygens (including phenoxy) is 1. The van der Waals surface area contributed by atoms with Gasteiger partial charge >= 0.3 is 5.97 Å². The standard InChI is InChI=1S/C15H18O4/c1-15(2,3)11-7-5-10(6-8-11)12(16)9-13(17)14(18)19-4/h5-8H,9H2,1-4H3. The Bertz CT molecular complexity index is 492. The molecule has 0 aliphatic rings. The second kappa shape index (κ2) is 5.78. The fourth-order valence-electron chi connectivity index (χ4n) is 1.59. The fraction of sp³-hybridized carbons (Fsp3) is 0.400. The number of carbonyl (C=O) groups is 3. The summed E-state index contributed by atoms with van der Waals surface area (Å²) in [7, 11) is 1.11. The first kappa shape index (κ1) is 15.1. The Kier molecular flexibility index (Phi) is 4.59. The molecular weight excluding hydrogens is 244 g/mol. The smallest absolute Gasteiger partial charge is 0.374 e. The minimum absolute atomic E-state index is 0.00339. The highest BCUT2D eigenvalue weighted by atomic mass is 16.5. The quantitative estimate of drug-likeness (QED) is 0.361. The lowest BCUT2D eigenvalue weighted by atomic mass is 9.86. The highest BCUT2D eigenvalue weighted by Crippen LogP contribution is 2.22. The molecule has 0 saturated carbocycles. The van der Waals surface area contributed by atoms with Crippen LogP contribution in [0.25, 0.3) is 0 Å². The SMILES string of the molecule is COC(=O)C(=O)CC(=O)c1ccc(C(C)(C)C)cc1. The van der Waals surface area contributed by atoms with E-state index in [9.17, 15) is 14.4 Å². The summed E-state index contributed by atoms with van der Waals surface area (Å²) in [4.78, 5) is 34.0. The third-order valence-corrected chi connectivity index (χ3v) is 2.81. The number of benzene rings is 1. The van der Waals surface area contributed by atoms with Crippen molar-refractivity contribution in [2.24, 2.45) is 0 Å². The van der Waals surface area contributed by atoms with Gasteiger partial charge in [-0.05, 0) is 11.0 Å². The maximum absolute atomic E-state index is 11.8. The Balaban J connectivity index is 2.79. The summed E-state index contributed by atoms with van der Waals surface area (Å²) < 4.78 is 4.27.